The lowest BCUT2D eigenvalue weighted by atomic mass is 10.0. The number of rotatable bonds is 1. The van der Waals surface area contributed by atoms with Crippen LogP contribution in [0, 0.1) is 11.8 Å². The molecule has 2 aromatic carbocycles. The van der Waals surface area contributed by atoms with Crippen molar-refractivity contribution in [3.8, 4) is 11.8 Å². The fourth-order valence-corrected chi connectivity index (χ4v) is 2.33. The molecule has 3 N–H and O–H groups in total. The topological polar surface area (TPSA) is 63.3 Å². The quantitative estimate of drug-likeness (QED) is 0.621. The second-order valence-electron chi connectivity index (χ2n) is 4.84. The van der Waals surface area contributed by atoms with Gasteiger partial charge in [0.05, 0.1) is 11.3 Å². The van der Waals surface area contributed by atoms with E-state index in [2.05, 4.69) is 30.1 Å². The lowest BCUT2D eigenvalue weighted by molar-refractivity contribution is 0.0698. The van der Waals surface area contributed by atoms with Crippen LogP contribution in [-0.2, 0) is 6.42 Å². The Morgan fingerprint density at radius 1 is 1.19 bits per heavy atom. The number of carboxylic acid groups (broad SMARTS) is 1. The molecule has 0 radical (unpaired) electrons. The van der Waals surface area contributed by atoms with Crippen molar-refractivity contribution in [2.24, 2.45) is 0 Å². The van der Waals surface area contributed by atoms with Gasteiger partial charge in [-0.1, -0.05) is 36.1 Å². The molecule has 0 aromatic heterocycles. The molecule has 0 atom stereocenters. The molecule has 0 unspecified atom stereocenters. The second kappa shape index (κ2) is 5.18. The van der Waals surface area contributed by atoms with E-state index in [1.165, 1.54) is 17.2 Å². The molecule has 21 heavy (non-hydrogen) atoms. The number of allylic oxidation sites excluding steroid dienone is 1. The summed E-state index contributed by atoms with van der Waals surface area (Å²) in [6, 6.07) is 10.9. The zero-order valence-electron chi connectivity index (χ0n) is 11.3. The smallest absolute Gasteiger partial charge is 0.337 e. The number of carboxylic acids is 1. The molecule has 3 nitrogen and oxygen atoms in total. The maximum absolute atomic E-state index is 11.0. The molecule has 0 amide bonds. The minimum Gasteiger partial charge on any atom is -0.478 e. The third-order valence-corrected chi connectivity index (χ3v) is 3.46. The van der Waals surface area contributed by atoms with Gasteiger partial charge in [-0.05, 0) is 41.8 Å². The van der Waals surface area contributed by atoms with Crippen LogP contribution in [0.5, 0.6) is 0 Å². The van der Waals surface area contributed by atoms with Crippen molar-refractivity contribution in [3.63, 3.8) is 0 Å². The van der Waals surface area contributed by atoms with Crippen molar-refractivity contribution in [3.05, 3.63) is 70.3 Å². The highest BCUT2D eigenvalue weighted by molar-refractivity contribution is 5.95. The van der Waals surface area contributed by atoms with E-state index in [-0.39, 0.29) is 11.3 Å². The number of anilines is 1. The van der Waals surface area contributed by atoms with Gasteiger partial charge in [-0.25, -0.2) is 4.79 Å². The summed E-state index contributed by atoms with van der Waals surface area (Å²) < 4.78 is 0. The van der Waals surface area contributed by atoms with Crippen molar-refractivity contribution < 1.29 is 9.90 Å². The van der Waals surface area contributed by atoms with Crippen LogP contribution in [0.15, 0.2) is 42.5 Å². The predicted octanol–water partition coefficient (Wildman–Crippen LogP) is 2.94. The molecule has 3 rings (SSSR count). The van der Waals surface area contributed by atoms with E-state index < -0.39 is 5.97 Å². The highest BCUT2D eigenvalue weighted by Gasteiger charge is 2.09. The molecule has 0 aliphatic heterocycles. The van der Waals surface area contributed by atoms with Crippen LogP contribution < -0.4 is 5.73 Å². The van der Waals surface area contributed by atoms with Crippen molar-refractivity contribution in [2.45, 2.75) is 6.42 Å². The van der Waals surface area contributed by atoms with Crippen LogP contribution in [0.1, 0.15) is 32.6 Å². The molecule has 0 saturated carbocycles. The van der Waals surface area contributed by atoms with Gasteiger partial charge in [0, 0.05) is 11.1 Å². The SMILES string of the molecule is Nc1c(C#Cc2ccc3c(c2)C=CC3)cccc1C(=O)O. The number of para-hydroxylation sites is 1. The fourth-order valence-electron chi connectivity index (χ4n) is 2.33. The molecule has 0 fully saturated rings. The number of benzene rings is 2. The zero-order valence-corrected chi connectivity index (χ0v) is 11.3. The minimum atomic E-state index is -1.04. The molecule has 0 bridgehead atoms. The van der Waals surface area contributed by atoms with Gasteiger partial charge < -0.3 is 10.8 Å². The van der Waals surface area contributed by atoms with E-state index in [1.54, 1.807) is 12.1 Å². The number of hydrogen-bond donors (Lipinski definition) is 2. The summed E-state index contributed by atoms with van der Waals surface area (Å²) in [4.78, 5) is 11.0. The summed E-state index contributed by atoms with van der Waals surface area (Å²) in [6.45, 7) is 0. The second-order valence-corrected chi connectivity index (χ2v) is 4.84. The molecular formula is C18H13NO2. The first-order valence-electron chi connectivity index (χ1n) is 6.58. The summed E-state index contributed by atoms with van der Waals surface area (Å²) in [5.74, 6) is 4.95. The Hall–Kier alpha value is -2.99. The minimum absolute atomic E-state index is 0.0821. The largest absolute Gasteiger partial charge is 0.478 e. The maximum atomic E-state index is 11.0. The Morgan fingerprint density at radius 3 is 2.86 bits per heavy atom. The van der Waals surface area contributed by atoms with Crippen molar-refractivity contribution in [2.75, 3.05) is 5.73 Å². The zero-order chi connectivity index (χ0) is 14.8. The van der Waals surface area contributed by atoms with Crippen LogP contribution in [0.25, 0.3) is 6.08 Å². The van der Waals surface area contributed by atoms with Crippen LogP contribution in [0.3, 0.4) is 0 Å². The molecule has 2 aromatic rings. The number of carbonyl (C=O) groups is 1. The van der Waals surface area contributed by atoms with Crippen molar-refractivity contribution in [1.82, 2.24) is 0 Å². The van der Waals surface area contributed by atoms with E-state index in [0.717, 1.165) is 12.0 Å². The molecule has 0 saturated heterocycles. The van der Waals surface area contributed by atoms with E-state index in [4.69, 9.17) is 10.8 Å². The van der Waals surface area contributed by atoms with Gasteiger partial charge in [0.25, 0.3) is 0 Å². The van der Waals surface area contributed by atoms with Crippen LogP contribution in [-0.4, -0.2) is 11.1 Å². The fraction of sp³-hybridized carbons (Fsp3) is 0.0556. The van der Waals surface area contributed by atoms with E-state index in [1.807, 2.05) is 12.1 Å². The standard InChI is InChI=1S/C18H13NO2/c19-17-14(4-2-6-16(17)18(20)21)10-8-12-7-9-13-3-1-5-15(13)11-12/h1-2,4-7,9,11H,3,19H2,(H,20,21). The van der Waals surface area contributed by atoms with Crippen LogP contribution in [0.4, 0.5) is 5.69 Å². The highest BCUT2D eigenvalue weighted by Crippen LogP contribution is 2.21. The predicted molar refractivity (Wildman–Crippen MR) is 83.0 cm³/mol. The third kappa shape index (κ3) is 2.52. The van der Waals surface area contributed by atoms with Gasteiger partial charge >= 0.3 is 5.97 Å². The summed E-state index contributed by atoms with van der Waals surface area (Å²) >= 11 is 0. The van der Waals surface area contributed by atoms with Gasteiger partial charge in [-0.3, -0.25) is 0 Å². The lowest BCUT2D eigenvalue weighted by Gasteiger charge is -2.02. The van der Waals surface area contributed by atoms with Crippen LogP contribution >= 0.6 is 0 Å². The van der Waals surface area contributed by atoms with Gasteiger partial charge in [0.15, 0.2) is 0 Å². The molecule has 3 heteroatoms. The Bertz CT molecular complexity index is 823. The van der Waals surface area contributed by atoms with E-state index in [9.17, 15) is 4.79 Å². The summed E-state index contributed by atoms with van der Waals surface area (Å²) in [7, 11) is 0. The Kier molecular flexibility index (Phi) is 3.21. The van der Waals surface area contributed by atoms with Gasteiger partial charge in [0.1, 0.15) is 0 Å². The van der Waals surface area contributed by atoms with Gasteiger partial charge in [0.2, 0.25) is 0 Å². The monoisotopic (exact) mass is 275 g/mol. The van der Waals surface area contributed by atoms with Gasteiger partial charge in [-0.15, -0.1) is 0 Å². The molecule has 1 aliphatic rings. The van der Waals surface area contributed by atoms with E-state index >= 15 is 0 Å². The average molecular weight is 275 g/mol. The normalized spacial score (nSPS) is 11.6. The molecule has 0 heterocycles. The Morgan fingerprint density at radius 2 is 2.05 bits per heavy atom. The molecule has 0 spiro atoms. The summed E-state index contributed by atoms with van der Waals surface area (Å²) in [5, 5.41) is 9.05. The maximum Gasteiger partial charge on any atom is 0.337 e. The van der Waals surface area contributed by atoms with Crippen LogP contribution in [0.2, 0.25) is 0 Å². The Balaban J connectivity index is 1.96. The highest BCUT2D eigenvalue weighted by atomic mass is 16.4. The summed E-state index contributed by atoms with van der Waals surface area (Å²) in [6.07, 6.45) is 5.17. The number of nitrogen functional groups attached to an aromatic ring is 1. The van der Waals surface area contributed by atoms with E-state index in [0.29, 0.717) is 5.56 Å². The van der Waals surface area contributed by atoms with Gasteiger partial charge in [-0.2, -0.15) is 0 Å². The van der Waals surface area contributed by atoms with Crippen molar-refractivity contribution in [1.29, 1.82) is 0 Å². The number of fused-ring (bicyclic) bond motifs is 1. The molecular weight excluding hydrogens is 262 g/mol. The first-order chi connectivity index (χ1) is 10.1. The Labute approximate surface area is 122 Å². The summed E-state index contributed by atoms with van der Waals surface area (Å²) in [5.41, 5.74) is 10.0. The number of nitrogens with two attached hydrogens (primary N) is 1. The third-order valence-electron chi connectivity index (χ3n) is 3.46. The number of aromatic carboxylic acids is 1. The lowest BCUT2D eigenvalue weighted by Crippen LogP contribution is -2.03. The van der Waals surface area contributed by atoms with Crippen molar-refractivity contribution >= 4 is 17.7 Å². The number of hydrogen-bond acceptors (Lipinski definition) is 2. The molecule has 1 aliphatic carbocycles. The first-order valence-corrected chi connectivity index (χ1v) is 6.58. The molecule has 102 valence electrons. The average Bonchev–Trinajstić information content (AvgIpc) is 2.93. The first kappa shape index (κ1) is 13.0.